The average Bonchev–Trinajstić information content (AvgIpc) is 3.27. The first-order chi connectivity index (χ1) is 17.4. The predicted octanol–water partition coefficient (Wildman–Crippen LogP) is 5.71. The number of nitrogens with zero attached hydrogens (tertiary/aromatic N) is 2. The minimum atomic E-state index is -0.407. The van der Waals surface area contributed by atoms with Gasteiger partial charge in [-0.1, -0.05) is 34.6 Å². The van der Waals surface area contributed by atoms with Crippen LogP contribution in [0.1, 0.15) is 92.8 Å². The number of aldehydes is 1. The van der Waals surface area contributed by atoms with Gasteiger partial charge in [-0.3, -0.25) is 4.79 Å². The molecule has 0 bridgehead atoms. The van der Waals surface area contributed by atoms with Crippen LogP contribution in [-0.4, -0.2) is 22.9 Å². The number of halogens is 1. The lowest BCUT2D eigenvalue weighted by molar-refractivity contribution is -0.109. The molecule has 0 spiro atoms. The largest absolute Gasteiger partial charge is 0.380 e. The number of fused-ring (bicyclic) bond motifs is 4. The molecule has 36 heavy (non-hydrogen) atoms. The second-order valence-corrected chi connectivity index (χ2v) is 8.79. The van der Waals surface area contributed by atoms with E-state index in [9.17, 15) is 14.0 Å². The Morgan fingerprint density at radius 2 is 1.94 bits per heavy atom. The third kappa shape index (κ3) is 4.28. The van der Waals surface area contributed by atoms with Crippen molar-refractivity contribution in [2.45, 2.75) is 85.9 Å². The van der Waals surface area contributed by atoms with Crippen molar-refractivity contribution in [1.29, 1.82) is 0 Å². The predicted molar refractivity (Wildman–Crippen MR) is 143 cm³/mol. The number of carbonyl (C=O) groups is 1. The number of aryl methyl sites for hydroxylation is 1. The highest BCUT2D eigenvalue weighted by Crippen LogP contribution is 2.44. The molecule has 1 aliphatic carbocycles. The van der Waals surface area contributed by atoms with Crippen LogP contribution in [0.4, 0.5) is 4.39 Å². The van der Waals surface area contributed by atoms with E-state index >= 15 is 0 Å². The number of nitrogens with two attached hydrogens (primary N) is 1. The fourth-order valence-corrected chi connectivity index (χ4v) is 5.41. The van der Waals surface area contributed by atoms with Gasteiger partial charge in [0.15, 0.2) is 0 Å². The zero-order valence-electron chi connectivity index (χ0n) is 22.5. The Kier molecular flexibility index (Phi) is 8.80. The lowest BCUT2D eigenvalue weighted by atomic mass is 9.82. The average molecular weight is 496 g/mol. The summed E-state index contributed by atoms with van der Waals surface area (Å²) >= 11 is 0. The van der Waals surface area contributed by atoms with Crippen LogP contribution in [0.2, 0.25) is 0 Å². The summed E-state index contributed by atoms with van der Waals surface area (Å²) in [7, 11) is 1.54. The number of aromatic nitrogens is 2. The Balaban J connectivity index is 0.000000861. The molecule has 6 nitrogen and oxygen atoms in total. The summed E-state index contributed by atoms with van der Waals surface area (Å²) in [5.41, 5.74) is 12.9. The number of carbonyl (C=O) groups excluding carboxylic acids is 1. The molecule has 2 unspecified atom stereocenters. The van der Waals surface area contributed by atoms with Gasteiger partial charge in [0.05, 0.1) is 30.1 Å². The zero-order valence-corrected chi connectivity index (χ0v) is 22.5. The maximum absolute atomic E-state index is 14.7. The van der Waals surface area contributed by atoms with Crippen LogP contribution in [0.5, 0.6) is 0 Å². The van der Waals surface area contributed by atoms with E-state index in [-0.39, 0.29) is 24.0 Å². The number of rotatable bonds is 5. The lowest BCUT2D eigenvalue weighted by Crippen LogP contribution is -2.26. The van der Waals surface area contributed by atoms with Gasteiger partial charge in [0.1, 0.15) is 12.1 Å². The summed E-state index contributed by atoms with van der Waals surface area (Å²) < 4.78 is 21.7. The van der Waals surface area contributed by atoms with Crippen LogP contribution in [0, 0.1) is 12.7 Å². The maximum Gasteiger partial charge on any atom is 0.257 e. The molecule has 0 fully saturated rings. The molecular weight excluding hydrogens is 457 g/mol. The second-order valence-electron chi connectivity index (χ2n) is 8.79. The summed E-state index contributed by atoms with van der Waals surface area (Å²) in [6.45, 7) is 12.2. The van der Waals surface area contributed by atoms with Gasteiger partial charge in [0, 0.05) is 41.6 Å². The normalized spacial score (nSPS) is 15.8. The van der Waals surface area contributed by atoms with Crippen LogP contribution >= 0.6 is 0 Å². The van der Waals surface area contributed by atoms with Crippen LogP contribution in [-0.2, 0) is 29.1 Å². The smallest absolute Gasteiger partial charge is 0.257 e. The van der Waals surface area contributed by atoms with Gasteiger partial charge < -0.3 is 19.8 Å². The molecule has 0 saturated carbocycles. The number of ether oxygens (including phenoxy) is 1. The van der Waals surface area contributed by atoms with Gasteiger partial charge in [-0.15, -0.1) is 0 Å². The third-order valence-electron chi connectivity index (χ3n) is 7.11. The number of benzene rings is 1. The summed E-state index contributed by atoms with van der Waals surface area (Å²) in [5, 5.41) is 0.930. The molecule has 1 aromatic carbocycles. The Labute approximate surface area is 212 Å². The van der Waals surface area contributed by atoms with Crippen molar-refractivity contribution in [3.05, 3.63) is 61.7 Å². The first-order valence-corrected chi connectivity index (χ1v) is 13.0. The zero-order chi connectivity index (χ0) is 26.7. The van der Waals surface area contributed by atoms with Crippen molar-refractivity contribution < 1.29 is 13.9 Å². The molecule has 2 aromatic heterocycles. The molecule has 194 valence electrons. The number of hydrogen-bond donors (Lipinski definition) is 1. The van der Waals surface area contributed by atoms with Crippen molar-refractivity contribution in [3.63, 3.8) is 0 Å². The van der Waals surface area contributed by atoms with Gasteiger partial charge in [0.25, 0.3) is 5.56 Å². The van der Waals surface area contributed by atoms with Crippen molar-refractivity contribution in [2.24, 2.45) is 5.73 Å². The van der Waals surface area contributed by atoms with Crippen molar-refractivity contribution in [2.75, 3.05) is 7.11 Å². The van der Waals surface area contributed by atoms with E-state index in [2.05, 4.69) is 0 Å². The molecule has 3 heterocycles. The maximum atomic E-state index is 14.7. The van der Waals surface area contributed by atoms with E-state index in [4.69, 9.17) is 15.5 Å². The number of methoxy groups -OCH3 is 1. The lowest BCUT2D eigenvalue weighted by Gasteiger charge is -2.26. The second kappa shape index (κ2) is 11.4. The minimum absolute atomic E-state index is 0.130. The molecule has 2 N–H and O–H groups in total. The monoisotopic (exact) mass is 495 g/mol. The quantitative estimate of drug-likeness (QED) is 0.358. The van der Waals surface area contributed by atoms with E-state index in [1.54, 1.807) is 11.5 Å². The van der Waals surface area contributed by atoms with E-state index in [0.717, 1.165) is 34.8 Å². The van der Waals surface area contributed by atoms with Crippen LogP contribution in [0.25, 0.3) is 22.3 Å². The Bertz CT molecular complexity index is 1350. The topological polar surface area (TPSA) is 87.2 Å². The van der Waals surface area contributed by atoms with Gasteiger partial charge in [-0.05, 0) is 54.5 Å². The van der Waals surface area contributed by atoms with Crippen molar-refractivity contribution in [3.8, 4) is 11.4 Å². The SMILES string of the molecule is CC.CC.CCC(C=O)c1cc2n(c(=O)c1COC)Cc1c-2nc2cc(F)c(C)c3c2c1C(N)CC3. The molecule has 7 heteroatoms. The molecular formula is C29H38FN3O3. The molecule has 3 aromatic rings. The molecule has 0 radical (unpaired) electrons. The highest BCUT2D eigenvalue weighted by atomic mass is 19.1. The van der Waals surface area contributed by atoms with Gasteiger partial charge in [-0.25, -0.2) is 9.37 Å². The molecule has 2 atom stereocenters. The Morgan fingerprint density at radius 3 is 2.56 bits per heavy atom. The fourth-order valence-electron chi connectivity index (χ4n) is 5.41. The fraction of sp³-hybridized carbons (Fsp3) is 0.483. The first kappa shape index (κ1) is 27.7. The van der Waals surface area contributed by atoms with Crippen molar-refractivity contribution in [1.82, 2.24) is 9.55 Å². The van der Waals surface area contributed by atoms with E-state index in [1.807, 2.05) is 40.7 Å². The number of hydrogen-bond acceptors (Lipinski definition) is 5. The summed E-state index contributed by atoms with van der Waals surface area (Å²) in [6, 6.07) is 3.15. The molecule has 0 saturated heterocycles. The van der Waals surface area contributed by atoms with Gasteiger partial charge in [0.2, 0.25) is 0 Å². The molecule has 0 amide bonds. The van der Waals surface area contributed by atoms with Crippen molar-refractivity contribution >= 4 is 17.2 Å². The minimum Gasteiger partial charge on any atom is -0.380 e. The Morgan fingerprint density at radius 1 is 1.25 bits per heavy atom. The molecule has 1 aliphatic heterocycles. The van der Waals surface area contributed by atoms with E-state index in [0.29, 0.717) is 53.0 Å². The summed E-state index contributed by atoms with van der Waals surface area (Å²) in [4.78, 5) is 30.1. The first-order valence-electron chi connectivity index (χ1n) is 13.0. The van der Waals surface area contributed by atoms with Crippen LogP contribution in [0.15, 0.2) is 16.9 Å². The highest BCUT2D eigenvalue weighted by molar-refractivity contribution is 5.93. The third-order valence-corrected chi connectivity index (χ3v) is 7.11. The van der Waals surface area contributed by atoms with Gasteiger partial charge in [-0.2, -0.15) is 0 Å². The van der Waals surface area contributed by atoms with Crippen LogP contribution in [0.3, 0.4) is 0 Å². The standard InChI is InChI=1S/C25H26FN3O3.2C2H6/c1-4-13(10-30)15-7-21-24-16(9-29(21)25(31)17(15)11-32-3)22-19(27)6-5-14-12(2)18(26)8-20(28-24)23(14)22;2*1-2/h7-8,10,13,19H,4-6,9,11,27H2,1-3H3;2*1-2H3. The van der Waals surface area contributed by atoms with Gasteiger partial charge >= 0.3 is 0 Å². The molecule has 5 rings (SSSR count). The highest BCUT2D eigenvalue weighted by Gasteiger charge is 2.33. The number of pyridine rings is 2. The Hall–Kier alpha value is -2.90. The molecule has 2 aliphatic rings. The van der Waals surface area contributed by atoms with Crippen LogP contribution < -0.4 is 11.3 Å². The van der Waals surface area contributed by atoms with E-state index in [1.165, 1.54) is 13.2 Å². The van der Waals surface area contributed by atoms with E-state index < -0.39 is 5.92 Å². The summed E-state index contributed by atoms with van der Waals surface area (Å²) in [5.74, 6) is -0.685. The summed E-state index contributed by atoms with van der Waals surface area (Å²) in [6.07, 6.45) is 2.88.